The van der Waals surface area contributed by atoms with Crippen molar-refractivity contribution in [1.29, 1.82) is 0 Å². The average Bonchev–Trinajstić information content (AvgIpc) is 3.08. The van der Waals surface area contributed by atoms with Gasteiger partial charge < -0.3 is 20.9 Å². The van der Waals surface area contributed by atoms with Gasteiger partial charge in [-0.15, -0.1) is 0 Å². The predicted molar refractivity (Wildman–Crippen MR) is 92.4 cm³/mol. The molecule has 3 amide bonds. The number of nitrogens with zero attached hydrogens (tertiary/aromatic N) is 1. The maximum atomic E-state index is 12.8. The molecule has 136 valence electrons. The Hall–Kier alpha value is -2.15. The first-order chi connectivity index (χ1) is 12.1. The predicted octanol–water partition coefficient (Wildman–Crippen LogP) is 1.23. The van der Waals surface area contributed by atoms with Gasteiger partial charge in [-0.2, -0.15) is 0 Å². The van der Waals surface area contributed by atoms with Gasteiger partial charge in [0.25, 0.3) is 0 Å². The van der Waals surface area contributed by atoms with Crippen molar-refractivity contribution in [2.45, 2.75) is 25.8 Å². The molecule has 0 bridgehead atoms. The number of nitrogens with one attached hydrogen (secondary N) is 3. The third-order valence-electron chi connectivity index (χ3n) is 5.28. The molecule has 6 nitrogen and oxygen atoms in total. The second-order valence-corrected chi connectivity index (χ2v) is 6.97. The number of piperidine rings is 1. The van der Waals surface area contributed by atoms with Gasteiger partial charge >= 0.3 is 6.03 Å². The van der Waals surface area contributed by atoms with E-state index in [4.69, 9.17) is 0 Å². The molecule has 2 aliphatic rings. The lowest BCUT2D eigenvalue weighted by Crippen LogP contribution is -2.48. The zero-order valence-electron chi connectivity index (χ0n) is 14.3. The summed E-state index contributed by atoms with van der Waals surface area (Å²) in [6.07, 6.45) is 3.25. The molecule has 0 radical (unpaired) electrons. The van der Waals surface area contributed by atoms with Crippen molar-refractivity contribution in [3.63, 3.8) is 0 Å². The fraction of sp³-hybridized carbons (Fsp3) is 0.556. The fourth-order valence-corrected chi connectivity index (χ4v) is 3.57. The number of hydrogen-bond donors (Lipinski definition) is 3. The van der Waals surface area contributed by atoms with E-state index in [0.29, 0.717) is 12.0 Å². The fourth-order valence-electron chi connectivity index (χ4n) is 3.57. The molecule has 0 atom stereocenters. The van der Waals surface area contributed by atoms with E-state index in [9.17, 15) is 14.0 Å². The summed E-state index contributed by atoms with van der Waals surface area (Å²) in [4.78, 5) is 25.9. The van der Waals surface area contributed by atoms with Gasteiger partial charge in [-0.3, -0.25) is 4.79 Å². The maximum Gasteiger partial charge on any atom is 0.315 e. The lowest BCUT2D eigenvalue weighted by Gasteiger charge is -2.38. The van der Waals surface area contributed by atoms with Crippen LogP contribution >= 0.6 is 0 Å². The van der Waals surface area contributed by atoms with Gasteiger partial charge in [0.15, 0.2) is 0 Å². The number of urea groups is 1. The molecule has 3 rings (SSSR count). The Bertz CT molecular complexity index is 604. The SMILES string of the molecule is O=C(NCC(=O)N1CCC2(CCNC2)CC1)NCc1ccc(F)cc1. The topological polar surface area (TPSA) is 73.5 Å². The van der Waals surface area contributed by atoms with Gasteiger partial charge in [0, 0.05) is 26.2 Å². The normalized spacial score (nSPS) is 19.0. The smallest absolute Gasteiger partial charge is 0.315 e. The highest BCUT2D eigenvalue weighted by atomic mass is 19.1. The van der Waals surface area contributed by atoms with E-state index in [1.807, 2.05) is 4.90 Å². The highest BCUT2D eigenvalue weighted by molar-refractivity contribution is 5.84. The van der Waals surface area contributed by atoms with Gasteiger partial charge in [0.2, 0.25) is 5.91 Å². The first-order valence-corrected chi connectivity index (χ1v) is 8.81. The van der Waals surface area contributed by atoms with E-state index in [-0.39, 0.29) is 18.3 Å². The van der Waals surface area contributed by atoms with Crippen molar-refractivity contribution < 1.29 is 14.0 Å². The molecular weight excluding hydrogens is 323 g/mol. The molecule has 0 aliphatic carbocycles. The quantitative estimate of drug-likeness (QED) is 0.766. The third-order valence-corrected chi connectivity index (χ3v) is 5.28. The van der Waals surface area contributed by atoms with Gasteiger partial charge in [-0.1, -0.05) is 12.1 Å². The number of halogens is 1. The molecule has 25 heavy (non-hydrogen) atoms. The Balaban J connectivity index is 1.35. The Kier molecular flexibility index (Phi) is 5.53. The van der Waals surface area contributed by atoms with Crippen LogP contribution < -0.4 is 16.0 Å². The van der Waals surface area contributed by atoms with Crippen LogP contribution in [0.4, 0.5) is 9.18 Å². The van der Waals surface area contributed by atoms with Crippen LogP contribution in [0.25, 0.3) is 0 Å². The highest BCUT2D eigenvalue weighted by Crippen LogP contribution is 2.36. The number of likely N-dealkylation sites (tertiary alicyclic amines) is 1. The van der Waals surface area contributed by atoms with E-state index in [1.54, 1.807) is 12.1 Å². The number of benzene rings is 1. The minimum absolute atomic E-state index is 0.000497. The molecule has 0 unspecified atom stereocenters. The van der Waals surface area contributed by atoms with Crippen LogP contribution in [-0.4, -0.2) is 49.6 Å². The standard InChI is InChI=1S/C18H25FN4O2/c19-15-3-1-14(2-4-15)11-21-17(25)22-12-16(24)23-9-6-18(7-10-23)5-8-20-13-18/h1-4,20H,5-13H2,(H2,21,22,25). The summed E-state index contributed by atoms with van der Waals surface area (Å²) in [5, 5.41) is 8.67. The first kappa shape index (κ1) is 17.7. The number of carbonyl (C=O) groups is 2. The van der Waals surface area contributed by atoms with Crippen molar-refractivity contribution >= 4 is 11.9 Å². The molecule has 0 saturated carbocycles. The van der Waals surface area contributed by atoms with Crippen LogP contribution in [0.5, 0.6) is 0 Å². The highest BCUT2D eigenvalue weighted by Gasteiger charge is 2.37. The van der Waals surface area contributed by atoms with E-state index in [2.05, 4.69) is 16.0 Å². The van der Waals surface area contributed by atoms with Gasteiger partial charge in [-0.25, -0.2) is 9.18 Å². The maximum absolute atomic E-state index is 12.8. The molecule has 1 aromatic carbocycles. The van der Waals surface area contributed by atoms with Gasteiger partial charge in [0.05, 0.1) is 6.54 Å². The lowest BCUT2D eigenvalue weighted by molar-refractivity contribution is -0.132. The van der Waals surface area contributed by atoms with Crippen molar-refractivity contribution in [1.82, 2.24) is 20.9 Å². The largest absolute Gasteiger partial charge is 0.341 e. The molecular formula is C18H25FN4O2. The van der Waals surface area contributed by atoms with Crippen molar-refractivity contribution in [3.05, 3.63) is 35.6 Å². The molecule has 3 N–H and O–H groups in total. The molecule has 7 heteroatoms. The van der Waals surface area contributed by atoms with Crippen LogP contribution in [0.1, 0.15) is 24.8 Å². The summed E-state index contributed by atoms with van der Waals surface area (Å²) >= 11 is 0. The van der Waals surface area contributed by atoms with Gasteiger partial charge in [0.1, 0.15) is 5.82 Å². The van der Waals surface area contributed by atoms with E-state index in [1.165, 1.54) is 18.6 Å². The number of hydrogen-bond acceptors (Lipinski definition) is 3. The molecule has 2 heterocycles. The van der Waals surface area contributed by atoms with E-state index >= 15 is 0 Å². The summed E-state index contributed by atoms with van der Waals surface area (Å²) in [5.74, 6) is -0.353. The summed E-state index contributed by atoms with van der Waals surface area (Å²) in [6.45, 7) is 3.95. The Morgan fingerprint density at radius 2 is 1.84 bits per heavy atom. The van der Waals surface area contributed by atoms with Crippen LogP contribution in [0, 0.1) is 11.2 Å². The first-order valence-electron chi connectivity index (χ1n) is 8.81. The van der Waals surface area contributed by atoms with Crippen LogP contribution in [-0.2, 0) is 11.3 Å². The zero-order valence-corrected chi connectivity index (χ0v) is 14.3. The summed E-state index contributed by atoms with van der Waals surface area (Å²) in [7, 11) is 0. The molecule has 2 fully saturated rings. The lowest BCUT2D eigenvalue weighted by atomic mass is 9.78. The minimum Gasteiger partial charge on any atom is -0.341 e. The van der Waals surface area contributed by atoms with Crippen molar-refractivity contribution in [2.24, 2.45) is 5.41 Å². The van der Waals surface area contributed by atoms with E-state index < -0.39 is 6.03 Å². The van der Waals surface area contributed by atoms with Crippen LogP contribution in [0.2, 0.25) is 0 Å². The Morgan fingerprint density at radius 1 is 1.12 bits per heavy atom. The van der Waals surface area contributed by atoms with Crippen molar-refractivity contribution in [2.75, 3.05) is 32.7 Å². The molecule has 2 saturated heterocycles. The summed E-state index contributed by atoms with van der Waals surface area (Å²) in [5.41, 5.74) is 1.17. The summed E-state index contributed by atoms with van der Waals surface area (Å²) in [6, 6.07) is 5.53. The van der Waals surface area contributed by atoms with E-state index in [0.717, 1.165) is 44.6 Å². The van der Waals surface area contributed by atoms with Crippen molar-refractivity contribution in [3.8, 4) is 0 Å². The molecule has 1 spiro atoms. The second-order valence-electron chi connectivity index (χ2n) is 6.97. The minimum atomic E-state index is -0.397. The Labute approximate surface area is 147 Å². The number of rotatable bonds is 4. The second kappa shape index (κ2) is 7.82. The third kappa shape index (κ3) is 4.69. The number of amides is 3. The van der Waals surface area contributed by atoms with Gasteiger partial charge in [-0.05, 0) is 48.9 Å². The monoisotopic (exact) mass is 348 g/mol. The molecule has 2 aliphatic heterocycles. The van der Waals surface area contributed by atoms with Crippen LogP contribution in [0.15, 0.2) is 24.3 Å². The zero-order chi connectivity index (χ0) is 17.7. The average molecular weight is 348 g/mol. The molecule has 1 aromatic rings. The van der Waals surface area contributed by atoms with Crippen LogP contribution in [0.3, 0.4) is 0 Å². The Morgan fingerprint density at radius 3 is 2.48 bits per heavy atom. The number of carbonyl (C=O) groups excluding carboxylic acids is 2. The summed E-state index contributed by atoms with van der Waals surface area (Å²) < 4.78 is 12.8. The molecule has 0 aromatic heterocycles.